The van der Waals surface area contributed by atoms with Crippen molar-refractivity contribution in [2.24, 2.45) is 0 Å². The quantitative estimate of drug-likeness (QED) is 0.715. The fraction of sp³-hybridized carbons (Fsp3) is 0.714. The summed E-state index contributed by atoms with van der Waals surface area (Å²) < 4.78 is 0. The zero-order valence-corrected chi connectivity index (χ0v) is 12.2. The number of hydrogen-bond acceptors (Lipinski definition) is 6. The Morgan fingerprint density at radius 3 is 2.50 bits per heavy atom. The van der Waals surface area contributed by atoms with Gasteiger partial charge in [0.1, 0.15) is 17.5 Å². The van der Waals surface area contributed by atoms with E-state index < -0.39 is 12.2 Å². The summed E-state index contributed by atoms with van der Waals surface area (Å²) in [7, 11) is 0. The second-order valence-corrected chi connectivity index (χ2v) is 5.24. The molecule has 1 aromatic heterocycles. The fourth-order valence-electron chi connectivity index (χ4n) is 2.28. The van der Waals surface area contributed by atoms with Gasteiger partial charge in [-0.3, -0.25) is 0 Å². The van der Waals surface area contributed by atoms with Crippen LogP contribution >= 0.6 is 0 Å². The maximum atomic E-state index is 9.66. The van der Waals surface area contributed by atoms with E-state index in [2.05, 4.69) is 29.1 Å². The summed E-state index contributed by atoms with van der Waals surface area (Å²) in [6, 6.07) is 1.89. The van der Waals surface area contributed by atoms with Crippen molar-refractivity contribution < 1.29 is 10.2 Å². The second kappa shape index (κ2) is 6.85. The highest BCUT2D eigenvalue weighted by Crippen LogP contribution is 2.21. The van der Waals surface area contributed by atoms with Gasteiger partial charge in [0, 0.05) is 32.1 Å². The molecular formula is C14H24N4O2. The number of aromatic nitrogens is 2. The first-order valence-electron chi connectivity index (χ1n) is 7.37. The van der Waals surface area contributed by atoms with Gasteiger partial charge in [-0.1, -0.05) is 13.8 Å². The molecule has 0 saturated carbocycles. The molecule has 1 aliphatic heterocycles. The zero-order chi connectivity index (χ0) is 14.5. The third-order valence-corrected chi connectivity index (χ3v) is 3.37. The highest BCUT2D eigenvalue weighted by atomic mass is 16.3. The van der Waals surface area contributed by atoms with E-state index >= 15 is 0 Å². The molecule has 0 radical (unpaired) electrons. The topological polar surface area (TPSA) is 81.5 Å². The molecular weight excluding hydrogens is 256 g/mol. The molecule has 112 valence electrons. The SMILES string of the molecule is CCCNc1cc(N2CC(O)C(O)C2)nc(CCC)n1. The van der Waals surface area contributed by atoms with Crippen LogP contribution in [0.3, 0.4) is 0 Å². The summed E-state index contributed by atoms with van der Waals surface area (Å²) in [5.74, 6) is 2.40. The predicted molar refractivity (Wildman–Crippen MR) is 79.0 cm³/mol. The summed E-state index contributed by atoms with van der Waals surface area (Å²) in [6.07, 6.45) is 1.44. The molecule has 0 aliphatic carbocycles. The monoisotopic (exact) mass is 280 g/mol. The molecule has 2 heterocycles. The summed E-state index contributed by atoms with van der Waals surface area (Å²) in [4.78, 5) is 10.9. The molecule has 1 fully saturated rings. The molecule has 20 heavy (non-hydrogen) atoms. The molecule has 2 unspecified atom stereocenters. The third-order valence-electron chi connectivity index (χ3n) is 3.37. The highest BCUT2D eigenvalue weighted by molar-refractivity contribution is 5.50. The van der Waals surface area contributed by atoms with E-state index in [4.69, 9.17) is 0 Å². The number of aliphatic hydroxyl groups is 2. The number of nitrogens with one attached hydrogen (secondary N) is 1. The predicted octanol–water partition coefficient (Wildman–Crippen LogP) is 0.793. The average molecular weight is 280 g/mol. The Balaban J connectivity index is 2.20. The minimum atomic E-state index is -0.702. The molecule has 3 N–H and O–H groups in total. The molecule has 6 nitrogen and oxygen atoms in total. The first-order chi connectivity index (χ1) is 9.63. The molecule has 6 heteroatoms. The minimum absolute atomic E-state index is 0.414. The van der Waals surface area contributed by atoms with Crippen molar-refractivity contribution in [3.05, 3.63) is 11.9 Å². The van der Waals surface area contributed by atoms with Gasteiger partial charge < -0.3 is 20.4 Å². The van der Waals surface area contributed by atoms with E-state index in [-0.39, 0.29) is 0 Å². The van der Waals surface area contributed by atoms with E-state index in [0.29, 0.717) is 13.1 Å². The van der Waals surface area contributed by atoms with Gasteiger partial charge in [-0.25, -0.2) is 9.97 Å². The minimum Gasteiger partial charge on any atom is -0.389 e. The van der Waals surface area contributed by atoms with Crippen LogP contribution < -0.4 is 10.2 Å². The first kappa shape index (κ1) is 15.0. The summed E-state index contributed by atoms with van der Waals surface area (Å²) in [5.41, 5.74) is 0. The Morgan fingerprint density at radius 2 is 1.90 bits per heavy atom. The summed E-state index contributed by atoms with van der Waals surface area (Å²) in [6.45, 7) is 5.90. The van der Waals surface area contributed by atoms with Crippen LogP contribution in [0.1, 0.15) is 32.5 Å². The normalized spacial score (nSPS) is 22.3. The van der Waals surface area contributed by atoms with E-state index in [1.54, 1.807) is 0 Å². The van der Waals surface area contributed by atoms with Crippen LogP contribution in [-0.2, 0) is 6.42 Å². The van der Waals surface area contributed by atoms with E-state index in [0.717, 1.165) is 43.3 Å². The average Bonchev–Trinajstić information content (AvgIpc) is 2.77. The van der Waals surface area contributed by atoms with E-state index in [9.17, 15) is 10.2 Å². The van der Waals surface area contributed by atoms with Gasteiger partial charge in [0.25, 0.3) is 0 Å². The molecule has 1 saturated heterocycles. The van der Waals surface area contributed by atoms with Gasteiger partial charge in [-0.05, 0) is 12.8 Å². The van der Waals surface area contributed by atoms with Crippen molar-refractivity contribution in [3.63, 3.8) is 0 Å². The molecule has 0 bridgehead atoms. The summed E-state index contributed by atoms with van der Waals surface area (Å²) >= 11 is 0. The molecule has 1 aromatic rings. The van der Waals surface area contributed by atoms with Crippen molar-refractivity contribution in [2.45, 2.75) is 45.3 Å². The maximum Gasteiger partial charge on any atom is 0.134 e. The van der Waals surface area contributed by atoms with Gasteiger partial charge in [0.15, 0.2) is 0 Å². The van der Waals surface area contributed by atoms with Crippen LogP contribution in [0.15, 0.2) is 6.07 Å². The summed E-state index contributed by atoms with van der Waals surface area (Å²) in [5, 5.41) is 22.6. The standard InChI is InChI=1S/C14H24N4O2/c1-3-5-12-16-13(15-6-4-2)7-14(17-12)18-8-10(19)11(20)9-18/h7,10-11,19-20H,3-6,8-9H2,1-2H3,(H,15,16,17). The lowest BCUT2D eigenvalue weighted by atomic mass is 10.3. The lowest BCUT2D eigenvalue weighted by Crippen LogP contribution is -2.23. The lowest BCUT2D eigenvalue weighted by molar-refractivity contribution is 0.0572. The van der Waals surface area contributed by atoms with Crippen molar-refractivity contribution in [1.82, 2.24) is 9.97 Å². The Morgan fingerprint density at radius 1 is 1.20 bits per heavy atom. The third kappa shape index (κ3) is 3.58. The zero-order valence-electron chi connectivity index (χ0n) is 12.2. The molecule has 0 aromatic carbocycles. The number of β-amino-alcohol motifs (C(OH)–C–C–N with tert-alkyl or cyclic N) is 2. The Hall–Kier alpha value is -1.40. The lowest BCUT2D eigenvalue weighted by Gasteiger charge is -2.18. The second-order valence-electron chi connectivity index (χ2n) is 5.24. The molecule has 0 spiro atoms. The van der Waals surface area contributed by atoms with Crippen LogP contribution in [0.2, 0.25) is 0 Å². The Bertz CT molecular complexity index is 431. The van der Waals surface area contributed by atoms with Crippen LogP contribution in [0.4, 0.5) is 11.6 Å². The van der Waals surface area contributed by atoms with Gasteiger partial charge in [0.2, 0.25) is 0 Å². The Kier molecular flexibility index (Phi) is 5.14. The largest absolute Gasteiger partial charge is 0.389 e. The van der Waals surface area contributed by atoms with E-state index in [1.165, 1.54) is 0 Å². The van der Waals surface area contributed by atoms with Crippen LogP contribution in [0, 0.1) is 0 Å². The molecule has 1 aliphatic rings. The molecule has 0 amide bonds. The van der Waals surface area contributed by atoms with Crippen molar-refractivity contribution >= 4 is 11.6 Å². The number of hydrogen-bond donors (Lipinski definition) is 3. The number of anilines is 2. The van der Waals surface area contributed by atoms with Gasteiger partial charge in [-0.15, -0.1) is 0 Å². The number of nitrogens with zero attached hydrogens (tertiary/aromatic N) is 3. The van der Waals surface area contributed by atoms with Crippen LogP contribution in [-0.4, -0.2) is 52.0 Å². The highest BCUT2D eigenvalue weighted by Gasteiger charge is 2.30. The maximum absolute atomic E-state index is 9.66. The first-order valence-corrected chi connectivity index (χ1v) is 7.37. The smallest absolute Gasteiger partial charge is 0.134 e. The van der Waals surface area contributed by atoms with Crippen molar-refractivity contribution in [2.75, 3.05) is 29.9 Å². The van der Waals surface area contributed by atoms with Gasteiger partial charge in [0.05, 0.1) is 12.2 Å². The van der Waals surface area contributed by atoms with Gasteiger partial charge >= 0.3 is 0 Å². The van der Waals surface area contributed by atoms with Gasteiger partial charge in [-0.2, -0.15) is 0 Å². The molecule has 2 rings (SSSR count). The fourth-order valence-corrected chi connectivity index (χ4v) is 2.28. The van der Waals surface area contributed by atoms with Crippen LogP contribution in [0.25, 0.3) is 0 Å². The number of rotatable bonds is 6. The van der Waals surface area contributed by atoms with Crippen molar-refractivity contribution in [1.29, 1.82) is 0 Å². The number of aliphatic hydroxyl groups excluding tert-OH is 2. The van der Waals surface area contributed by atoms with Crippen LogP contribution in [0.5, 0.6) is 0 Å². The van der Waals surface area contributed by atoms with E-state index in [1.807, 2.05) is 11.0 Å². The molecule has 2 atom stereocenters. The Labute approximate surface area is 119 Å². The number of aryl methyl sites for hydroxylation is 1. The van der Waals surface area contributed by atoms with Crippen molar-refractivity contribution in [3.8, 4) is 0 Å².